The fraction of sp³-hybridized carbons (Fsp3) is 0.0667. The molecule has 2 aromatic rings. The van der Waals surface area contributed by atoms with Gasteiger partial charge in [0.2, 0.25) is 0 Å². The second-order valence-corrected chi connectivity index (χ2v) is 4.63. The predicted molar refractivity (Wildman–Crippen MR) is 78.4 cm³/mol. The molecule has 0 aliphatic heterocycles. The second-order valence-electron chi connectivity index (χ2n) is 4.63. The third kappa shape index (κ3) is 3.11. The molecule has 2 aromatic carbocycles. The lowest BCUT2D eigenvalue weighted by atomic mass is 10.0. The topological polar surface area (TPSA) is 127 Å². The maximum atomic E-state index is 10.9. The van der Waals surface area contributed by atoms with Crippen LogP contribution in [0.2, 0.25) is 0 Å². The minimum Gasteiger partial charge on any atom is -0.478 e. The predicted octanol–water partition coefficient (Wildman–Crippen LogP) is 1.84. The van der Waals surface area contributed by atoms with Gasteiger partial charge in [-0.1, -0.05) is 12.1 Å². The molecule has 2 rings (SSSR count). The van der Waals surface area contributed by atoms with E-state index in [0.29, 0.717) is 6.42 Å². The van der Waals surface area contributed by atoms with Gasteiger partial charge in [0.05, 0.1) is 11.1 Å². The summed E-state index contributed by atoms with van der Waals surface area (Å²) in [5.41, 5.74) is 13.5. The number of carboxylic acid groups (broad SMARTS) is 2. The summed E-state index contributed by atoms with van der Waals surface area (Å²) < 4.78 is 0. The monoisotopic (exact) mass is 286 g/mol. The molecule has 6 N–H and O–H groups in total. The molecule has 0 amide bonds. The van der Waals surface area contributed by atoms with Gasteiger partial charge in [0.15, 0.2) is 0 Å². The Labute approximate surface area is 120 Å². The Morgan fingerprint density at radius 2 is 1.19 bits per heavy atom. The van der Waals surface area contributed by atoms with E-state index in [9.17, 15) is 9.59 Å². The molecule has 6 heteroatoms. The molecular formula is C15H14N2O4. The maximum Gasteiger partial charge on any atom is 0.337 e. The van der Waals surface area contributed by atoms with Crippen LogP contribution in [0.15, 0.2) is 36.4 Å². The van der Waals surface area contributed by atoms with Crippen LogP contribution < -0.4 is 11.5 Å². The van der Waals surface area contributed by atoms with Crippen molar-refractivity contribution in [2.24, 2.45) is 0 Å². The van der Waals surface area contributed by atoms with Crippen molar-refractivity contribution in [2.75, 3.05) is 11.5 Å². The summed E-state index contributed by atoms with van der Waals surface area (Å²) >= 11 is 0. The van der Waals surface area contributed by atoms with Crippen LogP contribution in [0.5, 0.6) is 0 Å². The number of nitrogen functional groups attached to an aromatic ring is 2. The average molecular weight is 286 g/mol. The molecule has 0 spiro atoms. The van der Waals surface area contributed by atoms with Crippen molar-refractivity contribution in [3.63, 3.8) is 0 Å². The highest BCUT2D eigenvalue weighted by Gasteiger charge is 2.10. The fourth-order valence-electron chi connectivity index (χ4n) is 2.07. The Morgan fingerprint density at radius 3 is 1.48 bits per heavy atom. The van der Waals surface area contributed by atoms with Gasteiger partial charge in [0.1, 0.15) is 0 Å². The maximum absolute atomic E-state index is 10.9. The van der Waals surface area contributed by atoms with E-state index in [2.05, 4.69) is 0 Å². The van der Waals surface area contributed by atoms with Gasteiger partial charge in [-0.3, -0.25) is 0 Å². The van der Waals surface area contributed by atoms with Gasteiger partial charge in [-0.2, -0.15) is 0 Å². The largest absolute Gasteiger partial charge is 0.478 e. The van der Waals surface area contributed by atoms with Crippen molar-refractivity contribution in [3.05, 3.63) is 58.7 Å². The van der Waals surface area contributed by atoms with E-state index < -0.39 is 11.9 Å². The number of carboxylic acids is 2. The summed E-state index contributed by atoms with van der Waals surface area (Å²) in [6.45, 7) is 0. The highest BCUT2D eigenvalue weighted by Crippen LogP contribution is 2.20. The SMILES string of the molecule is Nc1cc(Cc2ccc(C(=O)O)c(N)c2)ccc1C(=O)O. The standard InChI is InChI=1S/C15H14N2O4/c16-12-6-8(1-3-10(12)14(18)19)5-9-2-4-11(15(20)21)13(17)7-9/h1-4,6-7H,5,16-17H2,(H,18,19)(H,20,21). The fourth-order valence-corrected chi connectivity index (χ4v) is 2.07. The highest BCUT2D eigenvalue weighted by atomic mass is 16.4. The summed E-state index contributed by atoms with van der Waals surface area (Å²) in [7, 11) is 0. The summed E-state index contributed by atoms with van der Waals surface area (Å²) in [6.07, 6.45) is 0.480. The van der Waals surface area contributed by atoms with Gasteiger partial charge in [-0.15, -0.1) is 0 Å². The lowest BCUT2D eigenvalue weighted by Crippen LogP contribution is -2.04. The third-order valence-electron chi connectivity index (χ3n) is 3.10. The number of aromatic carboxylic acids is 2. The normalized spacial score (nSPS) is 10.3. The Hall–Kier alpha value is -3.02. The molecule has 0 unspecified atom stereocenters. The van der Waals surface area contributed by atoms with Crippen molar-refractivity contribution in [2.45, 2.75) is 6.42 Å². The van der Waals surface area contributed by atoms with Gasteiger partial charge < -0.3 is 21.7 Å². The van der Waals surface area contributed by atoms with Gasteiger partial charge >= 0.3 is 11.9 Å². The number of hydrogen-bond acceptors (Lipinski definition) is 4. The Kier molecular flexibility index (Phi) is 3.80. The van der Waals surface area contributed by atoms with Crippen LogP contribution in [0.4, 0.5) is 11.4 Å². The van der Waals surface area contributed by atoms with E-state index in [-0.39, 0.29) is 22.5 Å². The van der Waals surface area contributed by atoms with Crippen molar-refractivity contribution in [3.8, 4) is 0 Å². The van der Waals surface area contributed by atoms with Crippen LogP contribution in [-0.2, 0) is 6.42 Å². The van der Waals surface area contributed by atoms with E-state index in [1.807, 2.05) is 0 Å². The number of rotatable bonds is 4. The van der Waals surface area contributed by atoms with E-state index >= 15 is 0 Å². The second kappa shape index (κ2) is 5.54. The van der Waals surface area contributed by atoms with Gasteiger partial charge in [0, 0.05) is 11.4 Å². The molecular weight excluding hydrogens is 272 g/mol. The first-order valence-electron chi connectivity index (χ1n) is 6.12. The van der Waals surface area contributed by atoms with Crippen molar-refractivity contribution < 1.29 is 19.8 Å². The Balaban J connectivity index is 2.26. The van der Waals surface area contributed by atoms with Gasteiger partial charge in [0.25, 0.3) is 0 Å². The molecule has 0 aliphatic carbocycles. The van der Waals surface area contributed by atoms with Crippen LogP contribution >= 0.6 is 0 Å². The van der Waals surface area contributed by atoms with Crippen LogP contribution in [-0.4, -0.2) is 22.2 Å². The van der Waals surface area contributed by atoms with Gasteiger partial charge in [-0.05, 0) is 41.8 Å². The summed E-state index contributed by atoms with van der Waals surface area (Å²) in [6, 6.07) is 9.40. The zero-order valence-corrected chi connectivity index (χ0v) is 11.0. The van der Waals surface area contributed by atoms with Crippen LogP contribution in [0.3, 0.4) is 0 Å². The molecule has 0 saturated carbocycles. The van der Waals surface area contributed by atoms with E-state index in [1.54, 1.807) is 24.3 Å². The first-order valence-corrected chi connectivity index (χ1v) is 6.12. The first-order chi connectivity index (χ1) is 9.88. The van der Waals surface area contributed by atoms with Crippen molar-refractivity contribution in [1.82, 2.24) is 0 Å². The molecule has 108 valence electrons. The number of hydrogen-bond donors (Lipinski definition) is 4. The smallest absolute Gasteiger partial charge is 0.337 e. The Morgan fingerprint density at radius 1 is 0.810 bits per heavy atom. The van der Waals surface area contributed by atoms with Crippen molar-refractivity contribution >= 4 is 23.3 Å². The zero-order valence-electron chi connectivity index (χ0n) is 11.0. The number of carbonyl (C=O) groups is 2. The summed E-state index contributed by atoms with van der Waals surface area (Å²) in [5.74, 6) is -2.15. The lowest BCUT2D eigenvalue weighted by molar-refractivity contribution is 0.0687. The van der Waals surface area contributed by atoms with Crippen LogP contribution in [0.25, 0.3) is 0 Å². The molecule has 0 saturated heterocycles. The Bertz CT molecular complexity index is 664. The van der Waals surface area contributed by atoms with Gasteiger partial charge in [-0.25, -0.2) is 9.59 Å². The summed E-state index contributed by atoms with van der Waals surface area (Å²) in [5, 5.41) is 17.8. The number of nitrogens with two attached hydrogens (primary N) is 2. The van der Waals surface area contributed by atoms with Crippen molar-refractivity contribution in [1.29, 1.82) is 0 Å². The molecule has 0 aromatic heterocycles. The lowest BCUT2D eigenvalue weighted by Gasteiger charge is -2.08. The van der Waals surface area contributed by atoms with Crippen LogP contribution in [0, 0.1) is 0 Å². The third-order valence-corrected chi connectivity index (χ3v) is 3.10. The molecule has 0 atom stereocenters. The molecule has 0 bridgehead atoms. The zero-order chi connectivity index (χ0) is 15.6. The molecule has 0 radical (unpaired) electrons. The van der Waals surface area contributed by atoms with E-state index in [0.717, 1.165) is 11.1 Å². The molecule has 0 aliphatic rings. The first kappa shape index (κ1) is 14.4. The minimum atomic E-state index is -1.07. The molecule has 6 nitrogen and oxygen atoms in total. The highest BCUT2D eigenvalue weighted by molar-refractivity contribution is 5.94. The quantitative estimate of drug-likeness (QED) is 0.635. The van der Waals surface area contributed by atoms with E-state index in [1.165, 1.54) is 12.1 Å². The molecule has 0 heterocycles. The number of anilines is 2. The minimum absolute atomic E-state index is 0.0551. The molecule has 21 heavy (non-hydrogen) atoms. The summed E-state index contributed by atoms with van der Waals surface area (Å²) in [4.78, 5) is 21.8. The van der Waals surface area contributed by atoms with Crippen LogP contribution in [0.1, 0.15) is 31.8 Å². The average Bonchev–Trinajstić information content (AvgIpc) is 2.37. The number of benzene rings is 2. The van der Waals surface area contributed by atoms with E-state index in [4.69, 9.17) is 21.7 Å². The molecule has 0 fully saturated rings.